The van der Waals surface area contributed by atoms with Crippen molar-refractivity contribution in [3.8, 4) is 0 Å². The highest BCUT2D eigenvalue weighted by Gasteiger charge is 2.17. The minimum Gasteiger partial charge on any atom is -0.370 e. The van der Waals surface area contributed by atoms with Crippen molar-refractivity contribution < 1.29 is 9.59 Å². The highest BCUT2D eigenvalue weighted by molar-refractivity contribution is 5.96. The fourth-order valence-electron chi connectivity index (χ4n) is 1.66. The molecule has 0 fully saturated rings. The molecule has 6 heteroatoms. The first-order valence-corrected chi connectivity index (χ1v) is 7.26. The van der Waals surface area contributed by atoms with Crippen LogP contribution in [-0.2, 0) is 4.79 Å². The summed E-state index contributed by atoms with van der Waals surface area (Å²) >= 11 is 0. The lowest BCUT2D eigenvalue weighted by molar-refractivity contribution is -0.123. The Kier molecular flexibility index (Phi) is 6.65. The minimum absolute atomic E-state index is 0.0385. The third-order valence-corrected chi connectivity index (χ3v) is 2.71. The van der Waals surface area contributed by atoms with E-state index in [1.807, 2.05) is 13.8 Å². The molecular weight excluding hydrogens is 268 g/mol. The number of nitrogens with one attached hydrogen (secondary N) is 3. The molecule has 6 nitrogen and oxygen atoms in total. The number of carbonyl (C=O) groups is 2. The summed E-state index contributed by atoms with van der Waals surface area (Å²) in [6, 6.07) is 4.63. The lowest BCUT2D eigenvalue weighted by Gasteiger charge is -2.16. The molecule has 1 aromatic heterocycles. The molecule has 116 valence electrons. The predicted molar refractivity (Wildman–Crippen MR) is 83.2 cm³/mol. The van der Waals surface area contributed by atoms with Crippen molar-refractivity contribution in [1.82, 2.24) is 15.6 Å². The van der Waals surface area contributed by atoms with E-state index < -0.39 is 6.04 Å². The maximum Gasteiger partial charge on any atom is 0.270 e. The van der Waals surface area contributed by atoms with Crippen LogP contribution < -0.4 is 16.0 Å². The Morgan fingerprint density at radius 2 is 1.90 bits per heavy atom. The summed E-state index contributed by atoms with van der Waals surface area (Å²) in [7, 11) is 0. The molecule has 0 aromatic carbocycles. The number of hydrogen-bond acceptors (Lipinski definition) is 4. The SMILES string of the molecule is CCCNc1cccc(C(=O)NC(C)C(=O)NC(C)C)n1. The molecule has 1 aromatic rings. The van der Waals surface area contributed by atoms with Crippen LogP contribution in [0.4, 0.5) is 5.82 Å². The van der Waals surface area contributed by atoms with Crippen LogP contribution in [0.15, 0.2) is 18.2 Å². The highest BCUT2D eigenvalue weighted by Crippen LogP contribution is 2.05. The Labute approximate surface area is 125 Å². The van der Waals surface area contributed by atoms with E-state index in [-0.39, 0.29) is 17.9 Å². The van der Waals surface area contributed by atoms with Gasteiger partial charge in [0.15, 0.2) is 0 Å². The lowest BCUT2D eigenvalue weighted by Crippen LogP contribution is -2.46. The summed E-state index contributed by atoms with van der Waals surface area (Å²) in [5, 5.41) is 8.52. The smallest absolute Gasteiger partial charge is 0.270 e. The molecule has 0 aliphatic rings. The van der Waals surface area contributed by atoms with Gasteiger partial charge in [-0.05, 0) is 39.3 Å². The monoisotopic (exact) mass is 292 g/mol. The van der Waals surface area contributed by atoms with Crippen LogP contribution in [0.25, 0.3) is 0 Å². The fourth-order valence-corrected chi connectivity index (χ4v) is 1.66. The quantitative estimate of drug-likeness (QED) is 0.712. The average Bonchev–Trinajstić information content (AvgIpc) is 2.44. The van der Waals surface area contributed by atoms with E-state index in [2.05, 4.69) is 27.9 Å². The molecule has 0 saturated heterocycles. The maximum absolute atomic E-state index is 12.1. The number of aromatic nitrogens is 1. The van der Waals surface area contributed by atoms with Crippen LogP contribution in [0.5, 0.6) is 0 Å². The molecule has 1 atom stereocenters. The molecule has 0 aliphatic heterocycles. The second kappa shape index (κ2) is 8.24. The van der Waals surface area contributed by atoms with E-state index in [0.29, 0.717) is 11.5 Å². The Balaban J connectivity index is 2.64. The fraction of sp³-hybridized carbons (Fsp3) is 0.533. The minimum atomic E-state index is -0.603. The van der Waals surface area contributed by atoms with Gasteiger partial charge in [0.2, 0.25) is 5.91 Å². The summed E-state index contributed by atoms with van der Waals surface area (Å²) in [4.78, 5) is 28.1. The number of amides is 2. The van der Waals surface area contributed by atoms with Crippen LogP contribution in [-0.4, -0.2) is 35.4 Å². The summed E-state index contributed by atoms with van der Waals surface area (Å²) in [5.74, 6) is 0.0870. The highest BCUT2D eigenvalue weighted by atomic mass is 16.2. The van der Waals surface area contributed by atoms with Crippen molar-refractivity contribution in [2.24, 2.45) is 0 Å². The summed E-state index contributed by atoms with van der Waals surface area (Å²) in [6.45, 7) is 8.24. The maximum atomic E-state index is 12.1. The Bertz CT molecular complexity index is 488. The zero-order valence-electron chi connectivity index (χ0n) is 13.1. The van der Waals surface area contributed by atoms with Crippen molar-refractivity contribution in [2.45, 2.75) is 46.2 Å². The third kappa shape index (κ3) is 5.81. The van der Waals surface area contributed by atoms with Crippen LogP contribution in [0.3, 0.4) is 0 Å². The lowest BCUT2D eigenvalue weighted by atomic mass is 10.2. The number of rotatable bonds is 7. The van der Waals surface area contributed by atoms with Gasteiger partial charge >= 0.3 is 0 Å². The first kappa shape index (κ1) is 16.9. The predicted octanol–water partition coefficient (Wildman–Crippen LogP) is 1.55. The molecule has 0 saturated carbocycles. The average molecular weight is 292 g/mol. The molecule has 3 N–H and O–H groups in total. The number of hydrogen-bond donors (Lipinski definition) is 3. The van der Waals surface area contributed by atoms with Gasteiger partial charge in [-0.15, -0.1) is 0 Å². The van der Waals surface area contributed by atoms with Gasteiger partial charge in [-0.3, -0.25) is 9.59 Å². The zero-order valence-corrected chi connectivity index (χ0v) is 13.1. The Morgan fingerprint density at radius 1 is 1.19 bits per heavy atom. The van der Waals surface area contributed by atoms with Gasteiger partial charge in [-0.25, -0.2) is 4.98 Å². The van der Waals surface area contributed by atoms with Crippen molar-refractivity contribution in [3.63, 3.8) is 0 Å². The summed E-state index contributed by atoms with van der Waals surface area (Å²) in [5.41, 5.74) is 0.292. The van der Waals surface area contributed by atoms with Gasteiger partial charge in [0, 0.05) is 12.6 Å². The van der Waals surface area contributed by atoms with Gasteiger partial charge < -0.3 is 16.0 Å². The molecule has 1 heterocycles. The van der Waals surface area contributed by atoms with Crippen molar-refractivity contribution >= 4 is 17.6 Å². The molecule has 1 unspecified atom stereocenters. The van der Waals surface area contributed by atoms with E-state index in [0.717, 1.165) is 13.0 Å². The molecular formula is C15H24N4O2. The first-order valence-electron chi connectivity index (χ1n) is 7.26. The van der Waals surface area contributed by atoms with Crippen molar-refractivity contribution in [2.75, 3.05) is 11.9 Å². The number of pyridine rings is 1. The molecule has 0 spiro atoms. The zero-order chi connectivity index (χ0) is 15.8. The van der Waals surface area contributed by atoms with Crippen molar-refractivity contribution in [1.29, 1.82) is 0 Å². The number of carbonyl (C=O) groups excluding carboxylic acids is 2. The first-order chi connectivity index (χ1) is 9.93. The van der Waals surface area contributed by atoms with Gasteiger partial charge in [0.05, 0.1) is 0 Å². The standard InChI is InChI=1S/C15H24N4O2/c1-5-9-16-13-8-6-7-12(19-13)15(21)18-11(4)14(20)17-10(2)3/h6-8,10-11H,5,9H2,1-4H3,(H,16,19)(H,17,20)(H,18,21). The van der Waals surface area contributed by atoms with E-state index in [1.54, 1.807) is 25.1 Å². The number of anilines is 1. The molecule has 21 heavy (non-hydrogen) atoms. The molecule has 0 aliphatic carbocycles. The normalized spacial score (nSPS) is 11.9. The number of nitrogens with zero attached hydrogens (tertiary/aromatic N) is 1. The second-order valence-corrected chi connectivity index (χ2v) is 5.19. The van der Waals surface area contributed by atoms with E-state index in [9.17, 15) is 9.59 Å². The van der Waals surface area contributed by atoms with Gasteiger partial charge in [-0.2, -0.15) is 0 Å². The van der Waals surface area contributed by atoms with E-state index >= 15 is 0 Å². The largest absolute Gasteiger partial charge is 0.370 e. The molecule has 0 bridgehead atoms. The Morgan fingerprint density at radius 3 is 2.52 bits per heavy atom. The van der Waals surface area contributed by atoms with E-state index in [4.69, 9.17) is 0 Å². The third-order valence-electron chi connectivity index (χ3n) is 2.71. The van der Waals surface area contributed by atoms with Crippen molar-refractivity contribution in [3.05, 3.63) is 23.9 Å². The summed E-state index contributed by atoms with van der Waals surface area (Å²) < 4.78 is 0. The topological polar surface area (TPSA) is 83.1 Å². The molecule has 0 radical (unpaired) electrons. The molecule has 1 rings (SSSR count). The summed E-state index contributed by atoms with van der Waals surface area (Å²) in [6.07, 6.45) is 0.977. The molecule has 2 amide bonds. The Hall–Kier alpha value is -2.11. The van der Waals surface area contributed by atoms with Gasteiger partial charge in [0.25, 0.3) is 5.91 Å². The van der Waals surface area contributed by atoms with Crippen LogP contribution in [0.1, 0.15) is 44.6 Å². The van der Waals surface area contributed by atoms with Crippen LogP contribution in [0.2, 0.25) is 0 Å². The van der Waals surface area contributed by atoms with Crippen LogP contribution in [0, 0.1) is 0 Å². The second-order valence-electron chi connectivity index (χ2n) is 5.19. The van der Waals surface area contributed by atoms with Gasteiger partial charge in [-0.1, -0.05) is 13.0 Å². The van der Waals surface area contributed by atoms with Crippen LogP contribution >= 0.6 is 0 Å². The van der Waals surface area contributed by atoms with E-state index in [1.165, 1.54) is 0 Å². The van der Waals surface area contributed by atoms with Gasteiger partial charge in [0.1, 0.15) is 17.6 Å².